The summed E-state index contributed by atoms with van der Waals surface area (Å²) in [6.07, 6.45) is 10.7. The van der Waals surface area contributed by atoms with Gasteiger partial charge >= 0.3 is 5.56 Å². The van der Waals surface area contributed by atoms with Crippen LogP contribution in [0.25, 0.3) is 22.2 Å². The first-order valence-corrected chi connectivity index (χ1v) is 7.91. The molecule has 0 atom stereocenters. The molecule has 7 nitrogen and oxygen atoms in total. The number of aromatic nitrogens is 6. The maximum atomic E-state index is 12.2. The zero-order valence-corrected chi connectivity index (χ0v) is 12.1. The van der Waals surface area contributed by atoms with E-state index in [0.29, 0.717) is 16.5 Å². The van der Waals surface area contributed by atoms with E-state index < -0.39 is 0 Å². The van der Waals surface area contributed by atoms with Gasteiger partial charge in [0.05, 0.1) is 0 Å². The Kier molecular flexibility index (Phi) is 3.03. The second kappa shape index (κ2) is 5.03. The molecule has 3 aromatic heterocycles. The smallest absolute Gasteiger partial charge is 0.265 e. The van der Waals surface area contributed by atoms with Crippen LogP contribution in [0.2, 0.25) is 0 Å². The molecule has 0 aliphatic heterocycles. The topological polar surface area (TPSA) is 88.8 Å². The van der Waals surface area contributed by atoms with Crippen LogP contribution in [0.4, 0.5) is 0 Å². The van der Waals surface area contributed by atoms with Gasteiger partial charge in [-0.2, -0.15) is 19.8 Å². The Labute approximate surface area is 123 Å². The van der Waals surface area contributed by atoms with E-state index in [1.807, 2.05) is 6.08 Å². The summed E-state index contributed by atoms with van der Waals surface area (Å²) in [5.74, 6) is 0.634. The third kappa shape index (κ3) is 2.25. The summed E-state index contributed by atoms with van der Waals surface area (Å²) in [4.78, 5) is 17.0. The van der Waals surface area contributed by atoms with Gasteiger partial charge in [0.1, 0.15) is 5.01 Å². The van der Waals surface area contributed by atoms with E-state index in [9.17, 15) is 4.79 Å². The van der Waals surface area contributed by atoms with Crippen molar-refractivity contribution in [3.05, 3.63) is 21.4 Å². The predicted molar refractivity (Wildman–Crippen MR) is 80.2 cm³/mol. The largest absolute Gasteiger partial charge is 0.305 e. The molecule has 0 unspecified atom stereocenters. The molecule has 0 amide bonds. The number of hydrogen-bond acceptors (Lipinski definition) is 6. The standard InChI is InChI=1S/C13H14N6OS/c20-12-10-11(16-18-15-10)14-13-19(12)17-9(21-13)7-6-8-4-2-1-3-5-8/h6-8H,1-5H2,(H,15,16,18). The minimum Gasteiger partial charge on any atom is -0.265 e. The zero-order valence-electron chi connectivity index (χ0n) is 11.3. The number of H-pyrrole nitrogens is 1. The molecule has 21 heavy (non-hydrogen) atoms. The molecule has 0 radical (unpaired) electrons. The maximum absolute atomic E-state index is 12.2. The summed E-state index contributed by atoms with van der Waals surface area (Å²) in [5, 5.41) is 15.2. The Morgan fingerprint density at radius 1 is 1.24 bits per heavy atom. The number of aromatic amines is 1. The van der Waals surface area contributed by atoms with Crippen molar-refractivity contribution in [2.24, 2.45) is 5.92 Å². The molecule has 1 fully saturated rings. The Morgan fingerprint density at radius 2 is 2.10 bits per heavy atom. The van der Waals surface area contributed by atoms with Gasteiger partial charge in [-0.15, -0.1) is 10.2 Å². The van der Waals surface area contributed by atoms with Crippen LogP contribution < -0.4 is 5.56 Å². The minimum atomic E-state index is -0.280. The first-order valence-electron chi connectivity index (χ1n) is 7.10. The lowest BCUT2D eigenvalue weighted by Gasteiger charge is -2.17. The van der Waals surface area contributed by atoms with Gasteiger partial charge in [-0.05, 0) is 24.8 Å². The number of hydrogen-bond donors (Lipinski definition) is 1. The molecule has 1 aliphatic carbocycles. The first-order chi connectivity index (χ1) is 10.3. The van der Waals surface area contributed by atoms with Gasteiger partial charge in [-0.1, -0.05) is 36.7 Å². The van der Waals surface area contributed by atoms with Gasteiger partial charge in [0.2, 0.25) is 10.6 Å². The van der Waals surface area contributed by atoms with Gasteiger partial charge in [0.25, 0.3) is 0 Å². The highest BCUT2D eigenvalue weighted by Gasteiger charge is 2.13. The Hall–Kier alpha value is -2.09. The van der Waals surface area contributed by atoms with Gasteiger partial charge in [0.15, 0.2) is 5.52 Å². The van der Waals surface area contributed by atoms with E-state index in [2.05, 4.69) is 31.6 Å². The molecule has 1 N–H and O–H groups in total. The molecule has 0 saturated heterocycles. The van der Waals surface area contributed by atoms with Gasteiger partial charge in [-0.3, -0.25) is 4.79 Å². The van der Waals surface area contributed by atoms with E-state index in [1.165, 1.54) is 48.0 Å². The summed E-state index contributed by atoms with van der Waals surface area (Å²) >= 11 is 1.39. The molecule has 0 bridgehead atoms. The molecule has 0 spiro atoms. The highest BCUT2D eigenvalue weighted by Crippen LogP contribution is 2.25. The van der Waals surface area contributed by atoms with Crippen LogP contribution in [-0.2, 0) is 0 Å². The van der Waals surface area contributed by atoms with Crippen molar-refractivity contribution in [2.75, 3.05) is 0 Å². The van der Waals surface area contributed by atoms with E-state index in [0.717, 1.165) is 5.01 Å². The number of nitrogens with zero attached hydrogens (tertiary/aromatic N) is 5. The first kappa shape index (κ1) is 12.6. The van der Waals surface area contributed by atoms with E-state index in [-0.39, 0.29) is 11.1 Å². The van der Waals surface area contributed by atoms with E-state index >= 15 is 0 Å². The summed E-state index contributed by atoms with van der Waals surface area (Å²) in [5.41, 5.74) is 0.282. The van der Waals surface area contributed by atoms with Gasteiger partial charge in [-0.25, -0.2) is 0 Å². The molecule has 8 heteroatoms. The molecular formula is C13H14N6OS. The predicted octanol–water partition coefficient (Wildman–Crippen LogP) is 2.02. The Morgan fingerprint density at radius 3 is 2.95 bits per heavy atom. The van der Waals surface area contributed by atoms with Crippen molar-refractivity contribution in [1.82, 2.24) is 30.0 Å². The zero-order chi connectivity index (χ0) is 14.2. The second-order valence-corrected chi connectivity index (χ2v) is 6.29. The van der Waals surface area contributed by atoms with Gasteiger partial charge in [0, 0.05) is 0 Å². The summed E-state index contributed by atoms with van der Waals surface area (Å²) in [7, 11) is 0. The molecule has 1 aliphatic rings. The van der Waals surface area contributed by atoms with Crippen LogP contribution in [0.1, 0.15) is 37.1 Å². The molecule has 108 valence electrons. The lowest BCUT2D eigenvalue weighted by atomic mass is 9.89. The van der Waals surface area contributed by atoms with Gasteiger partial charge < -0.3 is 0 Å². The van der Waals surface area contributed by atoms with E-state index in [1.54, 1.807) is 0 Å². The minimum absolute atomic E-state index is 0.223. The highest BCUT2D eigenvalue weighted by molar-refractivity contribution is 7.17. The highest BCUT2D eigenvalue weighted by atomic mass is 32.1. The fourth-order valence-electron chi connectivity index (χ4n) is 2.75. The average Bonchev–Trinajstić information content (AvgIpc) is 3.13. The summed E-state index contributed by atoms with van der Waals surface area (Å²) < 4.78 is 1.30. The second-order valence-electron chi connectivity index (χ2n) is 5.30. The van der Waals surface area contributed by atoms with Crippen molar-refractivity contribution >= 4 is 33.5 Å². The van der Waals surface area contributed by atoms with Crippen LogP contribution in [0.15, 0.2) is 10.9 Å². The molecular weight excluding hydrogens is 288 g/mol. The molecule has 1 saturated carbocycles. The monoisotopic (exact) mass is 302 g/mol. The SMILES string of the molecule is O=c1c2n[nH]nc2nc2sc(C=CC3CCCCC3)nn12. The van der Waals surface area contributed by atoms with Crippen LogP contribution in [0.5, 0.6) is 0 Å². The van der Waals surface area contributed by atoms with Crippen LogP contribution in [0.3, 0.4) is 0 Å². The number of fused-ring (bicyclic) bond motifs is 2. The van der Waals surface area contributed by atoms with Crippen LogP contribution in [0, 0.1) is 5.92 Å². The van der Waals surface area contributed by atoms with Crippen LogP contribution >= 0.6 is 11.3 Å². The quantitative estimate of drug-likeness (QED) is 0.782. The third-order valence-electron chi connectivity index (χ3n) is 3.86. The Bertz CT molecular complexity index is 870. The van der Waals surface area contributed by atoms with Crippen molar-refractivity contribution < 1.29 is 0 Å². The number of rotatable bonds is 2. The normalized spacial score (nSPS) is 17.3. The maximum Gasteiger partial charge on any atom is 0.305 e. The van der Waals surface area contributed by atoms with Crippen molar-refractivity contribution in [2.45, 2.75) is 32.1 Å². The number of nitrogens with one attached hydrogen (secondary N) is 1. The fraction of sp³-hybridized carbons (Fsp3) is 0.462. The lowest BCUT2D eigenvalue weighted by molar-refractivity contribution is 0.420. The third-order valence-corrected chi connectivity index (χ3v) is 4.74. The van der Waals surface area contributed by atoms with Crippen molar-refractivity contribution in [3.8, 4) is 0 Å². The fourth-order valence-corrected chi connectivity index (χ4v) is 3.55. The van der Waals surface area contributed by atoms with Crippen LogP contribution in [-0.4, -0.2) is 30.0 Å². The number of allylic oxidation sites excluding steroid dienone is 1. The molecule has 4 rings (SSSR count). The lowest BCUT2D eigenvalue weighted by Crippen LogP contribution is -2.15. The average molecular weight is 302 g/mol. The molecule has 3 heterocycles. The molecule has 3 aromatic rings. The van der Waals surface area contributed by atoms with Crippen molar-refractivity contribution in [3.63, 3.8) is 0 Å². The molecule has 0 aromatic carbocycles. The Balaban J connectivity index is 1.71. The summed E-state index contributed by atoms with van der Waals surface area (Å²) in [6, 6.07) is 0. The van der Waals surface area contributed by atoms with E-state index in [4.69, 9.17) is 0 Å². The van der Waals surface area contributed by atoms with Crippen molar-refractivity contribution in [1.29, 1.82) is 0 Å². The summed E-state index contributed by atoms with van der Waals surface area (Å²) in [6.45, 7) is 0.